The van der Waals surface area contributed by atoms with Gasteiger partial charge in [0.25, 0.3) is 0 Å². The lowest BCUT2D eigenvalue weighted by molar-refractivity contribution is 0.896. The Labute approximate surface area is 81.5 Å². The summed E-state index contributed by atoms with van der Waals surface area (Å²) in [6.07, 6.45) is 1.83. The summed E-state index contributed by atoms with van der Waals surface area (Å²) in [6, 6.07) is 2.53. The fourth-order valence-electron chi connectivity index (χ4n) is 0.970. The van der Waals surface area contributed by atoms with Crippen LogP contribution in [-0.2, 0) is 0 Å². The van der Waals surface area contributed by atoms with Crippen molar-refractivity contribution in [2.75, 3.05) is 5.32 Å². The van der Waals surface area contributed by atoms with Gasteiger partial charge in [-0.3, -0.25) is 0 Å². The number of hydrogen-bond donors (Lipinski definition) is 1. The van der Waals surface area contributed by atoms with Crippen LogP contribution in [0.15, 0.2) is 16.9 Å². The number of pyridine rings is 1. The van der Waals surface area contributed by atoms with Crippen LogP contribution in [0.4, 0.5) is 5.69 Å². The molecule has 0 aliphatic heterocycles. The predicted octanol–water partition coefficient (Wildman–Crippen LogP) is 2.97. The number of halogens is 1. The first-order chi connectivity index (χ1) is 5.59. The van der Waals surface area contributed by atoms with Gasteiger partial charge in [0.15, 0.2) is 0 Å². The van der Waals surface area contributed by atoms with Crippen LogP contribution in [0.25, 0.3) is 0 Å². The van der Waals surface area contributed by atoms with E-state index >= 15 is 0 Å². The molecule has 2 nitrogen and oxygen atoms in total. The van der Waals surface area contributed by atoms with Crippen LogP contribution in [0.3, 0.4) is 0 Å². The molecule has 0 aliphatic carbocycles. The van der Waals surface area contributed by atoms with Crippen LogP contribution < -0.4 is 5.32 Å². The number of nitrogens with zero attached hydrogens (tertiary/aromatic N) is 1. The average molecular weight is 229 g/mol. The topological polar surface area (TPSA) is 24.9 Å². The van der Waals surface area contributed by atoms with Gasteiger partial charge < -0.3 is 5.32 Å². The van der Waals surface area contributed by atoms with E-state index in [2.05, 4.69) is 46.1 Å². The van der Waals surface area contributed by atoms with Crippen molar-refractivity contribution in [2.45, 2.75) is 26.8 Å². The molecule has 0 unspecified atom stereocenters. The van der Waals surface area contributed by atoms with Crippen molar-refractivity contribution in [2.24, 2.45) is 0 Å². The average Bonchev–Trinajstić information content (AvgIpc) is 1.96. The first-order valence-corrected chi connectivity index (χ1v) is 4.77. The third-order valence-electron chi connectivity index (χ3n) is 1.47. The molecule has 1 heterocycles. The van der Waals surface area contributed by atoms with Crippen molar-refractivity contribution >= 4 is 21.6 Å². The summed E-state index contributed by atoms with van der Waals surface area (Å²) in [4.78, 5) is 4.19. The van der Waals surface area contributed by atoms with Crippen LogP contribution in [-0.4, -0.2) is 11.0 Å². The summed E-state index contributed by atoms with van der Waals surface area (Å²) in [5.74, 6) is 0. The highest BCUT2D eigenvalue weighted by Gasteiger charge is 1.98. The molecule has 0 radical (unpaired) electrons. The highest BCUT2D eigenvalue weighted by atomic mass is 79.9. The Morgan fingerprint density at radius 2 is 2.17 bits per heavy atom. The molecule has 12 heavy (non-hydrogen) atoms. The summed E-state index contributed by atoms with van der Waals surface area (Å²) in [5.41, 5.74) is 2.23. The minimum absolute atomic E-state index is 0.451. The maximum Gasteiger partial charge on any atom is 0.109 e. The molecule has 0 bridgehead atoms. The normalized spacial score (nSPS) is 10.4. The number of aryl methyl sites for hydroxylation is 1. The zero-order valence-electron chi connectivity index (χ0n) is 7.56. The monoisotopic (exact) mass is 228 g/mol. The molecule has 3 heteroatoms. The second-order valence-corrected chi connectivity index (χ2v) is 3.88. The second-order valence-electron chi connectivity index (χ2n) is 3.13. The molecule has 0 fully saturated rings. The number of anilines is 1. The SMILES string of the molecule is Cc1cc(NC(C)C)cnc1Br. The van der Waals surface area contributed by atoms with Gasteiger partial charge in [-0.1, -0.05) is 0 Å². The molecule has 1 aromatic heterocycles. The van der Waals surface area contributed by atoms with Crippen molar-refractivity contribution in [3.8, 4) is 0 Å². The summed E-state index contributed by atoms with van der Waals surface area (Å²) in [7, 11) is 0. The summed E-state index contributed by atoms with van der Waals surface area (Å²) in [5, 5.41) is 3.29. The van der Waals surface area contributed by atoms with Gasteiger partial charge in [0.2, 0.25) is 0 Å². The third-order valence-corrected chi connectivity index (χ3v) is 2.30. The van der Waals surface area contributed by atoms with Crippen LogP contribution in [0.5, 0.6) is 0 Å². The molecule has 1 rings (SSSR count). The van der Waals surface area contributed by atoms with Crippen molar-refractivity contribution in [1.82, 2.24) is 4.98 Å². The predicted molar refractivity (Wildman–Crippen MR) is 55.4 cm³/mol. The van der Waals surface area contributed by atoms with Gasteiger partial charge in [-0.25, -0.2) is 4.98 Å². The summed E-state index contributed by atoms with van der Waals surface area (Å²) < 4.78 is 0.914. The molecule has 0 atom stereocenters. The number of rotatable bonds is 2. The van der Waals surface area contributed by atoms with E-state index in [4.69, 9.17) is 0 Å². The number of hydrogen-bond acceptors (Lipinski definition) is 2. The molecule has 1 N–H and O–H groups in total. The van der Waals surface area contributed by atoms with Crippen LogP contribution in [0.2, 0.25) is 0 Å². The fraction of sp³-hybridized carbons (Fsp3) is 0.444. The smallest absolute Gasteiger partial charge is 0.109 e. The van der Waals surface area contributed by atoms with Gasteiger partial charge in [0.05, 0.1) is 11.9 Å². The first-order valence-electron chi connectivity index (χ1n) is 3.98. The Bertz CT molecular complexity index is 271. The number of nitrogens with one attached hydrogen (secondary N) is 1. The largest absolute Gasteiger partial charge is 0.382 e. The van der Waals surface area contributed by atoms with Crippen LogP contribution in [0.1, 0.15) is 19.4 Å². The van der Waals surface area contributed by atoms with Crippen LogP contribution >= 0.6 is 15.9 Å². The zero-order valence-corrected chi connectivity index (χ0v) is 9.14. The Morgan fingerprint density at radius 1 is 1.50 bits per heavy atom. The maximum absolute atomic E-state index is 4.19. The van der Waals surface area contributed by atoms with Gasteiger partial charge in [-0.2, -0.15) is 0 Å². The van der Waals surface area contributed by atoms with Gasteiger partial charge in [-0.05, 0) is 48.3 Å². The minimum atomic E-state index is 0.451. The lowest BCUT2D eigenvalue weighted by Crippen LogP contribution is -2.09. The van der Waals surface area contributed by atoms with E-state index in [0.717, 1.165) is 15.9 Å². The molecule has 0 aliphatic rings. The minimum Gasteiger partial charge on any atom is -0.382 e. The van der Waals surface area contributed by atoms with Crippen molar-refractivity contribution in [3.05, 3.63) is 22.4 Å². The molecule has 0 saturated heterocycles. The molecular formula is C9H13BrN2. The van der Waals surface area contributed by atoms with Gasteiger partial charge >= 0.3 is 0 Å². The Balaban J connectivity index is 2.82. The van der Waals surface area contributed by atoms with E-state index in [9.17, 15) is 0 Å². The standard InChI is InChI=1S/C9H13BrN2/c1-6(2)12-8-4-7(3)9(10)11-5-8/h4-6,12H,1-3H3. The summed E-state index contributed by atoms with van der Waals surface area (Å²) >= 11 is 3.36. The first kappa shape index (κ1) is 9.52. The summed E-state index contributed by atoms with van der Waals surface area (Å²) in [6.45, 7) is 6.25. The second kappa shape index (κ2) is 3.90. The van der Waals surface area contributed by atoms with Crippen LogP contribution in [0, 0.1) is 6.92 Å². The molecule has 0 amide bonds. The Kier molecular flexibility index (Phi) is 3.09. The van der Waals surface area contributed by atoms with Crippen molar-refractivity contribution < 1.29 is 0 Å². The fourth-order valence-corrected chi connectivity index (χ4v) is 1.19. The quantitative estimate of drug-likeness (QED) is 0.788. The molecular weight excluding hydrogens is 216 g/mol. The highest BCUT2D eigenvalue weighted by molar-refractivity contribution is 9.10. The molecule has 0 aromatic carbocycles. The lowest BCUT2D eigenvalue weighted by Gasteiger charge is -2.10. The lowest BCUT2D eigenvalue weighted by atomic mass is 10.3. The van der Waals surface area contributed by atoms with E-state index in [1.54, 1.807) is 0 Å². The molecule has 0 saturated carbocycles. The Morgan fingerprint density at radius 3 is 2.67 bits per heavy atom. The van der Waals surface area contributed by atoms with E-state index in [1.165, 1.54) is 0 Å². The van der Waals surface area contributed by atoms with Gasteiger partial charge in [-0.15, -0.1) is 0 Å². The van der Waals surface area contributed by atoms with E-state index < -0.39 is 0 Å². The van der Waals surface area contributed by atoms with Crippen molar-refractivity contribution in [1.29, 1.82) is 0 Å². The van der Waals surface area contributed by atoms with Crippen molar-refractivity contribution in [3.63, 3.8) is 0 Å². The Hall–Kier alpha value is -0.570. The maximum atomic E-state index is 4.19. The van der Waals surface area contributed by atoms with E-state index in [1.807, 2.05) is 13.1 Å². The number of aromatic nitrogens is 1. The van der Waals surface area contributed by atoms with Gasteiger partial charge in [0, 0.05) is 6.04 Å². The molecule has 1 aromatic rings. The van der Waals surface area contributed by atoms with Gasteiger partial charge in [0.1, 0.15) is 4.60 Å². The zero-order chi connectivity index (χ0) is 9.14. The van der Waals surface area contributed by atoms with E-state index in [0.29, 0.717) is 6.04 Å². The third kappa shape index (κ3) is 2.48. The van der Waals surface area contributed by atoms with E-state index in [-0.39, 0.29) is 0 Å². The highest BCUT2D eigenvalue weighted by Crippen LogP contribution is 2.16. The molecule has 66 valence electrons. The molecule has 0 spiro atoms.